The van der Waals surface area contributed by atoms with E-state index in [-0.39, 0.29) is 23.6 Å². The fraction of sp³-hybridized carbons (Fsp3) is 0.353. The van der Waals surface area contributed by atoms with Crippen molar-refractivity contribution < 1.29 is 18.7 Å². The molecule has 0 spiro atoms. The molecule has 0 N–H and O–H groups in total. The Morgan fingerprint density at radius 2 is 2.04 bits per heavy atom. The second kappa shape index (κ2) is 7.04. The first-order valence-electron chi connectivity index (χ1n) is 7.40. The van der Waals surface area contributed by atoms with Gasteiger partial charge in [-0.3, -0.25) is 14.2 Å². The van der Waals surface area contributed by atoms with E-state index in [4.69, 9.17) is 4.42 Å². The molecule has 0 aliphatic carbocycles. The minimum Gasteiger partial charge on any atom is -0.469 e. The molecule has 2 heterocycles. The molecule has 7 nitrogen and oxygen atoms in total. The lowest BCUT2D eigenvalue weighted by Crippen LogP contribution is -2.34. The van der Waals surface area contributed by atoms with Crippen molar-refractivity contribution in [3.8, 4) is 12.0 Å². The molecule has 126 valence electrons. The predicted octanol–water partition coefficient (Wildman–Crippen LogP) is 2.13. The van der Waals surface area contributed by atoms with Gasteiger partial charge in [-0.15, -0.1) is 0 Å². The van der Waals surface area contributed by atoms with Crippen molar-refractivity contribution in [3.63, 3.8) is 0 Å². The van der Waals surface area contributed by atoms with E-state index in [1.54, 1.807) is 50.0 Å². The van der Waals surface area contributed by atoms with Gasteiger partial charge in [-0.05, 0) is 19.1 Å². The maximum Gasteiger partial charge on any atom is 0.310 e. The van der Waals surface area contributed by atoms with Crippen LogP contribution in [-0.4, -0.2) is 42.0 Å². The SMILES string of the molecule is COC(=O)C(C)CN(C)C(=O)c1c(C)oc(-n2cccc2)c1C#N. The monoisotopic (exact) mass is 329 g/mol. The summed E-state index contributed by atoms with van der Waals surface area (Å²) in [5.41, 5.74) is 0.382. The van der Waals surface area contributed by atoms with Crippen LogP contribution < -0.4 is 0 Å². The van der Waals surface area contributed by atoms with E-state index in [2.05, 4.69) is 4.74 Å². The second-order valence-corrected chi connectivity index (χ2v) is 5.53. The highest BCUT2D eigenvalue weighted by Gasteiger charge is 2.28. The minimum absolute atomic E-state index is 0.172. The number of rotatable bonds is 5. The van der Waals surface area contributed by atoms with Gasteiger partial charge in [0.15, 0.2) is 0 Å². The van der Waals surface area contributed by atoms with Gasteiger partial charge in [0.1, 0.15) is 23.0 Å². The zero-order valence-corrected chi connectivity index (χ0v) is 14.1. The third-order valence-corrected chi connectivity index (χ3v) is 3.73. The number of aromatic nitrogens is 1. The highest BCUT2D eigenvalue weighted by molar-refractivity contribution is 5.98. The number of nitriles is 1. The summed E-state index contributed by atoms with van der Waals surface area (Å²) in [6, 6.07) is 5.64. The number of furan rings is 1. The molecule has 2 rings (SSSR count). The van der Waals surface area contributed by atoms with Gasteiger partial charge in [-0.2, -0.15) is 5.26 Å². The average molecular weight is 329 g/mol. The van der Waals surface area contributed by atoms with Crippen molar-refractivity contribution in [2.75, 3.05) is 20.7 Å². The Hall–Kier alpha value is -3.01. The van der Waals surface area contributed by atoms with E-state index < -0.39 is 11.9 Å². The normalized spacial score (nSPS) is 11.6. The molecular weight excluding hydrogens is 310 g/mol. The highest BCUT2D eigenvalue weighted by Crippen LogP contribution is 2.26. The first kappa shape index (κ1) is 17.3. The van der Waals surface area contributed by atoms with Gasteiger partial charge in [0, 0.05) is 26.0 Å². The maximum atomic E-state index is 12.7. The molecule has 2 aromatic heterocycles. The highest BCUT2D eigenvalue weighted by atomic mass is 16.5. The van der Waals surface area contributed by atoms with E-state index in [9.17, 15) is 14.9 Å². The number of carbonyl (C=O) groups excluding carboxylic acids is 2. The van der Waals surface area contributed by atoms with Gasteiger partial charge in [-0.1, -0.05) is 6.92 Å². The molecule has 1 unspecified atom stereocenters. The smallest absolute Gasteiger partial charge is 0.310 e. The molecular formula is C17H19N3O4. The Labute approximate surface area is 140 Å². The van der Waals surface area contributed by atoms with E-state index in [1.807, 2.05) is 6.07 Å². The zero-order chi connectivity index (χ0) is 17.9. The summed E-state index contributed by atoms with van der Waals surface area (Å²) in [6.07, 6.45) is 3.47. The van der Waals surface area contributed by atoms with Gasteiger partial charge in [0.05, 0.1) is 13.0 Å². The summed E-state index contributed by atoms with van der Waals surface area (Å²) < 4.78 is 11.9. The number of ether oxygens (including phenoxy) is 1. The number of amides is 1. The van der Waals surface area contributed by atoms with Gasteiger partial charge >= 0.3 is 5.97 Å². The Morgan fingerprint density at radius 1 is 1.42 bits per heavy atom. The number of hydrogen-bond donors (Lipinski definition) is 0. The molecule has 0 bridgehead atoms. The first-order valence-corrected chi connectivity index (χ1v) is 7.40. The van der Waals surface area contributed by atoms with Crippen LogP contribution >= 0.6 is 0 Å². The molecule has 0 aliphatic rings. The van der Waals surface area contributed by atoms with Crippen LogP contribution in [0, 0.1) is 24.2 Å². The number of aryl methyl sites for hydroxylation is 1. The Kier molecular flexibility index (Phi) is 5.09. The van der Waals surface area contributed by atoms with Crippen LogP contribution in [0.25, 0.3) is 5.88 Å². The van der Waals surface area contributed by atoms with Gasteiger partial charge in [0.25, 0.3) is 5.91 Å². The molecule has 1 atom stereocenters. The summed E-state index contributed by atoms with van der Waals surface area (Å²) in [4.78, 5) is 25.6. The molecule has 0 aromatic carbocycles. The first-order chi connectivity index (χ1) is 11.4. The lowest BCUT2D eigenvalue weighted by atomic mass is 10.1. The number of nitrogens with zero attached hydrogens (tertiary/aromatic N) is 3. The molecule has 24 heavy (non-hydrogen) atoms. The minimum atomic E-state index is -0.467. The fourth-order valence-electron chi connectivity index (χ4n) is 2.50. The number of carbonyl (C=O) groups is 2. The summed E-state index contributed by atoms with van der Waals surface area (Å²) in [5.74, 6) is -0.574. The van der Waals surface area contributed by atoms with Crippen LogP contribution in [0.5, 0.6) is 0 Å². The molecule has 2 aromatic rings. The zero-order valence-electron chi connectivity index (χ0n) is 14.1. The van der Waals surface area contributed by atoms with Crippen LogP contribution in [0.4, 0.5) is 0 Å². The van der Waals surface area contributed by atoms with Gasteiger partial charge in [-0.25, -0.2) is 0 Å². The fourth-order valence-corrected chi connectivity index (χ4v) is 2.50. The second-order valence-electron chi connectivity index (χ2n) is 5.53. The summed E-state index contributed by atoms with van der Waals surface area (Å²) in [7, 11) is 2.88. The molecule has 0 saturated heterocycles. The Bertz CT molecular complexity index is 784. The van der Waals surface area contributed by atoms with Crippen LogP contribution in [0.3, 0.4) is 0 Å². The van der Waals surface area contributed by atoms with Gasteiger partial charge < -0.3 is 14.1 Å². The summed E-state index contributed by atoms with van der Waals surface area (Å²) >= 11 is 0. The van der Waals surface area contributed by atoms with Crippen molar-refractivity contribution in [1.82, 2.24) is 9.47 Å². The summed E-state index contributed by atoms with van der Waals surface area (Å²) in [5, 5.41) is 9.48. The van der Waals surface area contributed by atoms with Gasteiger partial charge in [0.2, 0.25) is 5.88 Å². The van der Waals surface area contributed by atoms with E-state index >= 15 is 0 Å². The summed E-state index contributed by atoms with van der Waals surface area (Å²) in [6.45, 7) is 3.49. The number of esters is 1. The van der Waals surface area contributed by atoms with Crippen LogP contribution in [0.1, 0.15) is 28.6 Å². The van der Waals surface area contributed by atoms with Crippen molar-refractivity contribution >= 4 is 11.9 Å². The molecule has 1 amide bonds. The molecule has 0 aliphatic heterocycles. The Balaban J connectivity index is 2.33. The van der Waals surface area contributed by atoms with Crippen LogP contribution in [0.15, 0.2) is 28.9 Å². The molecule has 0 radical (unpaired) electrons. The lowest BCUT2D eigenvalue weighted by Gasteiger charge is -2.20. The molecule has 0 fully saturated rings. The largest absolute Gasteiger partial charge is 0.469 e. The number of methoxy groups -OCH3 is 1. The van der Waals surface area contributed by atoms with Crippen LogP contribution in [-0.2, 0) is 9.53 Å². The van der Waals surface area contributed by atoms with Crippen molar-refractivity contribution in [1.29, 1.82) is 5.26 Å². The topological polar surface area (TPSA) is 88.5 Å². The van der Waals surface area contributed by atoms with E-state index in [1.165, 1.54) is 12.0 Å². The van der Waals surface area contributed by atoms with Crippen molar-refractivity contribution in [2.45, 2.75) is 13.8 Å². The molecule has 0 saturated carbocycles. The average Bonchev–Trinajstić information content (AvgIpc) is 3.20. The predicted molar refractivity (Wildman–Crippen MR) is 85.6 cm³/mol. The van der Waals surface area contributed by atoms with Crippen molar-refractivity contribution in [2.24, 2.45) is 5.92 Å². The quantitative estimate of drug-likeness (QED) is 0.784. The van der Waals surface area contributed by atoms with Crippen LogP contribution in [0.2, 0.25) is 0 Å². The third kappa shape index (κ3) is 3.18. The number of hydrogen-bond acceptors (Lipinski definition) is 5. The maximum absolute atomic E-state index is 12.7. The van der Waals surface area contributed by atoms with E-state index in [0.29, 0.717) is 11.6 Å². The lowest BCUT2D eigenvalue weighted by molar-refractivity contribution is -0.145. The van der Waals surface area contributed by atoms with Crippen molar-refractivity contribution in [3.05, 3.63) is 41.4 Å². The van der Waals surface area contributed by atoms with E-state index in [0.717, 1.165) is 0 Å². The standard InChI is InChI=1S/C17H19N3O4/c1-11(17(22)23-4)10-19(3)15(21)14-12(2)24-16(13(14)9-18)20-7-5-6-8-20/h5-8,11H,10H2,1-4H3. The third-order valence-electron chi connectivity index (χ3n) is 3.73. The Morgan fingerprint density at radius 3 is 2.58 bits per heavy atom. The molecule has 7 heteroatoms.